The number of carbonyl (C=O) groups is 1. The molecule has 1 fully saturated rings. The number of ether oxygens (including phenoxy) is 8. The molecule has 9 heteroatoms. The van der Waals surface area contributed by atoms with Crippen molar-refractivity contribution in [3.63, 3.8) is 0 Å². The van der Waals surface area contributed by atoms with Gasteiger partial charge in [0.15, 0.2) is 12.4 Å². The Balaban J connectivity index is 1.41. The highest BCUT2D eigenvalue weighted by molar-refractivity contribution is 5.66. The average Bonchev–Trinajstić information content (AvgIpc) is 3.44. The molecule has 4 rings (SSSR count). The van der Waals surface area contributed by atoms with Gasteiger partial charge in [0.1, 0.15) is 24.4 Å². The van der Waals surface area contributed by atoms with Crippen LogP contribution in [0.15, 0.2) is 91.0 Å². The van der Waals surface area contributed by atoms with Gasteiger partial charge in [-0.2, -0.15) is 0 Å². The van der Waals surface area contributed by atoms with Gasteiger partial charge in [0.05, 0.1) is 39.6 Å². The maximum atomic E-state index is 13.1. The summed E-state index contributed by atoms with van der Waals surface area (Å²) in [5.41, 5.74) is 3.03. The summed E-state index contributed by atoms with van der Waals surface area (Å²) in [6.45, 7) is 28.2. The van der Waals surface area contributed by atoms with Crippen LogP contribution in [0.1, 0.15) is 221 Å². The molecular formula is C72H118O9. The van der Waals surface area contributed by atoms with Gasteiger partial charge in [0.25, 0.3) is 0 Å². The van der Waals surface area contributed by atoms with Crippen LogP contribution >= 0.6 is 0 Å². The van der Waals surface area contributed by atoms with E-state index in [4.69, 9.17) is 37.9 Å². The van der Waals surface area contributed by atoms with Gasteiger partial charge in [-0.15, -0.1) is 0 Å². The standard InChI is InChI=1S/C72H118O9/c1-55(2)27-21-29-57(5)31-23-33-59(7)35-25-37-61(9)45-47-74-52-67(76-48-46-62(10)38-26-36-60(8)34-24-32-58(6)30-22-28-56(3)4)53-79-72-71(80-63(11)73)70(78-51-66-43-19-14-20-44-66)69(77-50-65-41-17-13-18-42-65)68(81-72)54-75-49-64-39-15-12-16-40-64/h12-20,39-44,55-62,67-72H,21-38,45-54H2,1-11H3/t57-,58-,59-,60-,61-,62-,67?,68-,69-,70+,71+,72+/m1/s1. The summed E-state index contributed by atoms with van der Waals surface area (Å²) in [6, 6.07) is 30.2. The molecule has 81 heavy (non-hydrogen) atoms. The molecule has 0 amide bonds. The molecule has 0 saturated carbocycles. The molecule has 460 valence electrons. The Kier molecular flexibility index (Phi) is 37.0. The fourth-order valence-electron chi connectivity index (χ4n) is 11.4. The molecule has 0 radical (unpaired) electrons. The second kappa shape index (κ2) is 42.6. The van der Waals surface area contributed by atoms with Crippen molar-refractivity contribution in [2.24, 2.45) is 47.3 Å². The third-order valence-electron chi connectivity index (χ3n) is 16.9. The Bertz CT molecular complexity index is 1950. The molecule has 1 aliphatic heterocycles. The number of hydrogen-bond acceptors (Lipinski definition) is 9. The third-order valence-corrected chi connectivity index (χ3v) is 16.9. The second-order valence-corrected chi connectivity index (χ2v) is 26.1. The topological polar surface area (TPSA) is 90.9 Å². The predicted octanol–water partition coefficient (Wildman–Crippen LogP) is 18.4. The highest BCUT2D eigenvalue weighted by atomic mass is 16.7. The Hall–Kier alpha value is -3.15. The molecule has 12 atom stereocenters. The lowest BCUT2D eigenvalue weighted by Gasteiger charge is -2.45. The summed E-state index contributed by atoms with van der Waals surface area (Å²) < 4.78 is 53.0. The molecule has 1 aliphatic rings. The largest absolute Gasteiger partial charge is 0.454 e. The van der Waals surface area contributed by atoms with Crippen LogP contribution in [-0.2, 0) is 62.5 Å². The minimum absolute atomic E-state index is 0.174. The van der Waals surface area contributed by atoms with Gasteiger partial charge in [-0.25, -0.2) is 0 Å². The Labute approximate surface area is 495 Å². The smallest absolute Gasteiger partial charge is 0.303 e. The highest BCUT2D eigenvalue weighted by Gasteiger charge is 2.50. The zero-order valence-corrected chi connectivity index (χ0v) is 53.2. The summed E-state index contributed by atoms with van der Waals surface area (Å²) in [7, 11) is 0. The van der Waals surface area contributed by atoms with Crippen LogP contribution in [0.25, 0.3) is 0 Å². The zero-order chi connectivity index (χ0) is 58.5. The van der Waals surface area contributed by atoms with E-state index in [0.717, 1.165) is 65.0 Å². The molecule has 1 unspecified atom stereocenters. The first-order chi connectivity index (χ1) is 39.1. The Morgan fingerprint density at radius 1 is 0.420 bits per heavy atom. The first kappa shape index (κ1) is 70.3. The van der Waals surface area contributed by atoms with E-state index in [2.05, 4.69) is 69.2 Å². The van der Waals surface area contributed by atoms with Gasteiger partial charge >= 0.3 is 5.97 Å². The maximum absolute atomic E-state index is 13.1. The first-order valence-corrected chi connectivity index (χ1v) is 32.7. The third kappa shape index (κ3) is 32.6. The van der Waals surface area contributed by atoms with Crippen LogP contribution in [0.3, 0.4) is 0 Å². The summed E-state index contributed by atoms with van der Waals surface area (Å²) in [6.07, 6.45) is 21.3. The molecule has 0 bridgehead atoms. The average molecular weight is 1130 g/mol. The SMILES string of the molecule is CC(=O)O[C@@H]1[C@@H](OCC(COCC[C@H](C)CCC[C@H](C)CCC[C@H](C)CCCC(C)C)OCC[C@H](C)CCC[C@H](C)CCC[C@H](C)CCCC(C)C)O[C@H](COCc2ccccc2)[C@@H](OCc2ccccc2)[C@@H]1OCc1ccccc1. The van der Waals surface area contributed by atoms with Crippen molar-refractivity contribution < 1.29 is 42.7 Å². The molecule has 0 aliphatic carbocycles. The van der Waals surface area contributed by atoms with Crippen LogP contribution in [0, 0.1) is 47.3 Å². The molecule has 0 spiro atoms. The first-order valence-electron chi connectivity index (χ1n) is 32.7. The van der Waals surface area contributed by atoms with E-state index in [9.17, 15) is 4.79 Å². The fourth-order valence-corrected chi connectivity index (χ4v) is 11.4. The van der Waals surface area contributed by atoms with Gasteiger partial charge in [-0.05, 0) is 76.9 Å². The van der Waals surface area contributed by atoms with Crippen LogP contribution in [-0.4, -0.2) is 75.8 Å². The Morgan fingerprint density at radius 2 is 0.802 bits per heavy atom. The van der Waals surface area contributed by atoms with Crippen LogP contribution in [0.4, 0.5) is 0 Å². The quantitative estimate of drug-likeness (QED) is 0.0405. The van der Waals surface area contributed by atoms with Crippen molar-refractivity contribution >= 4 is 5.97 Å². The molecule has 3 aromatic carbocycles. The zero-order valence-electron chi connectivity index (χ0n) is 53.2. The molecular weight excluding hydrogens is 1010 g/mol. The summed E-state index contributed by atoms with van der Waals surface area (Å²) in [5, 5.41) is 0. The minimum atomic E-state index is -1.00. The fraction of sp³-hybridized carbons (Fsp3) is 0.736. The van der Waals surface area contributed by atoms with Gasteiger partial charge in [0, 0.05) is 20.1 Å². The molecule has 0 aromatic heterocycles. The minimum Gasteiger partial charge on any atom is -0.454 e. The summed E-state index contributed by atoms with van der Waals surface area (Å²) in [4.78, 5) is 13.1. The number of carbonyl (C=O) groups excluding carboxylic acids is 1. The lowest BCUT2D eigenvalue weighted by atomic mass is 9.91. The van der Waals surface area contributed by atoms with E-state index in [0.29, 0.717) is 44.9 Å². The van der Waals surface area contributed by atoms with E-state index in [-0.39, 0.29) is 25.9 Å². The second-order valence-electron chi connectivity index (χ2n) is 26.1. The summed E-state index contributed by atoms with van der Waals surface area (Å²) >= 11 is 0. The summed E-state index contributed by atoms with van der Waals surface area (Å²) in [5.74, 6) is 5.48. The van der Waals surface area contributed by atoms with Crippen molar-refractivity contribution in [3.05, 3.63) is 108 Å². The van der Waals surface area contributed by atoms with E-state index in [1.807, 2.05) is 91.0 Å². The van der Waals surface area contributed by atoms with Crippen LogP contribution in [0.5, 0.6) is 0 Å². The highest BCUT2D eigenvalue weighted by Crippen LogP contribution is 2.32. The molecule has 0 N–H and O–H groups in total. The maximum Gasteiger partial charge on any atom is 0.303 e. The molecule has 1 saturated heterocycles. The van der Waals surface area contributed by atoms with E-state index < -0.39 is 36.7 Å². The van der Waals surface area contributed by atoms with Crippen molar-refractivity contribution in [1.29, 1.82) is 0 Å². The number of benzene rings is 3. The van der Waals surface area contributed by atoms with Gasteiger partial charge in [0.2, 0.25) is 0 Å². The van der Waals surface area contributed by atoms with Gasteiger partial charge < -0.3 is 37.9 Å². The van der Waals surface area contributed by atoms with Crippen LogP contribution in [0.2, 0.25) is 0 Å². The van der Waals surface area contributed by atoms with Crippen molar-refractivity contribution in [3.8, 4) is 0 Å². The Morgan fingerprint density at radius 3 is 1.22 bits per heavy atom. The normalized spacial score (nSPS) is 20.2. The van der Waals surface area contributed by atoms with Crippen molar-refractivity contribution in [1.82, 2.24) is 0 Å². The lowest BCUT2D eigenvalue weighted by Crippen LogP contribution is -2.62. The lowest BCUT2D eigenvalue weighted by molar-refractivity contribution is -0.324. The predicted molar refractivity (Wildman–Crippen MR) is 334 cm³/mol. The molecule has 9 nitrogen and oxygen atoms in total. The molecule has 3 aromatic rings. The van der Waals surface area contributed by atoms with E-state index >= 15 is 0 Å². The van der Waals surface area contributed by atoms with Crippen molar-refractivity contribution in [2.75, 3.05) is 33.0 Å². The van der Waals surface area contributed by atoms with Crippen molar-refractivity contribution in [2.45, 2.75) is 261 Å². The number of hydrogen-bond donors (Lipinski definition) is 0. The van der Waals surface area contributed by atoms with E-state index in [1.165, 1.54) is 122 Å². The van der Waals surface area contributed by atoms with Crippen LogP contribution < -0.4 is 0 Å². The van der Waals surface area contributed by atoms with Gasteiger partial charge in [-0.3, -0.25) is 4.79 Å². The number of esters is 1. The monoisotopic (exact) mass is 1130 g/mol. The number of rotatable bonds is 47. The molecule has 1 heterocycles. The van der Waals surface area contributed by atoms with E-state index in [1.54, 1.807) is 0 Å². The van der Waals surface area contributed by atoms with Gasteiger partial charge in [-0.1, -0.05) is 276 Å².